The van der Waals surface area contributed by atoms with Gasteiger partial charge in [0.1, 0.15) is 5.60 Å². The number of carbonyl (C=O) groups excluding carboxylic acids is 1. The maximum absolute atomic E-state index is 13.3. The summed E-state index contributed by atoms with van der Waals surface area (Å²) in [7, 11) is 0. The molecule has 0 radical (unpaired) electrons. The van der Waals surface area contributed by atoms with Gasteiger partial charge >= 0.3 is 36.4 Å². The Labute approximate surface area is 142 Å². The van der Waals surface area contributed by atoms with Gasteiger partial charge in [-0.1, -0.05) is 0 Å². The van der Waals surface area contributed by atoms with Gasteiger partial charge in [-0.25, -0.2) is 13.9 Å². The number of carbonyl (C=O) groups is 1. The molecule has 0 fully saturated rings. The van der Waals surface area contributed by atoms with Gasteiger partial charge in [0, 0.05) is 0 Å². The fraction of sp³-hybridized carbons (Fsp3) is 0.909. The number of halogens is 12. The summed E-state index contributed by atoms with van der Waals surface area (Å²) in [6.07, 6.45) is -25.6. The SMILES string of the molecule is CC(C)(C)OC(=O)C(F)(F)C(F)OC(F)(F)C(F)(F)C(F)(F)OC(F)(F)F. The van der Waals surface area contributed by atoms with Crippen LogP contribution in [0.4, 0.5) is 52.7 Å². The lowest BCUT2D eigenvalue weighted by Gasteiger charge is -2.33. The standard InChI is InChI=1S/C11H10F12O4/c1-6(2,3)26-5(24)7(13,14)4(12)25-9(17,18)8(15,16)10(19,20)27-11(21,22)23/h4H,1-3H3. The molecule has 0 aromatic rings. The molecule has 0 spiro atoms. The molecule has 0 bridgehead atoms. The van der Waals surface area contributed by atoms with Gasteiger partial charge in [-0.15, -0.1) is 13.2 Å². The molecule has 16 heteroatoms. The summed E-state index contributed by atoms with van der Waals surface area (Å²) in [5.41, 5.74) is -1.75. The quantitative estimate of drug-likeness (QED) is 0.433. The van der Waals surface area contributed by atoms with Crippen LogP contribution in [0.25, 0.3) is 0 Å². The summed E-state index contributed by atoms with van der Waals surface area (Å²) in [5.74, 6) is -15.9. The number of ether oxygens (including phenoxy) is 3. The highest BCUT2D eigenvalue weighted by Gasteiger charge is 2.78. The zero-order valence-electron chi connectivity index (χ0n) is 13.2. The topological polar surface area (TPSA) is 44.8 Å². The molecule has 1 unspecified atom stereocenters. The van der Waals surface area contributed by atoms with Crippen LogP contribution in [0.2, 0.25) is 0 Å². The van der Waals surface area contributed by atoms with Crippen LogP contribution in [0.15, 0.2) is 0 Å². The lowest BCUT2D eigenvalue weighted by molar-refractivity contribution is -0.514. The van der Waals surface area contributed by atoms with Crippen molar-refractivity contribution in [1.29, 1.82) is 0 Å². The number of hydrogen-bond donors (Lipinski definition) is 0. The first-order valence-corrected chi connectivity index (χ1v) is 6.30. The highest BCUT2D eigenvalue weighted by atomic mass is 19.4. The number of hydrogen-bond acceptors (Lipinski definition) is 4. The molecular formula is C11H10F12O4. The van der Waals surface area contributed by atoms with Crippen LogP contribution in [0, 0.1) is 0 Å². The van der Waals surface area contributed by atoms with E-state index in [1.54, 1.807) is 0 Å². The van der Waals surface area contributed by atoms with E-state index in [-0.39, 0.29) is 0 Å². The second-order valence-electron chi connectivity index (χ2n) is 5.71. The normalized spacial score (nSPS) is 16.3. The Morgan fingerprint density at radius 3 is 1.52 bits per heavy atom. The van der Waals surface area contributed by atoms with Gasteiger partial charge in [0.15, 0.2) is 0 Å². The Bertz CT molecular complexity index is 536. The first-order chi connectivity index (χ1) is 11.5. The number of esters is 1. The molecule has 0 rings (SSSR count). The Kier molecular flexibility index (Phi) is 6.79. The van der Waals surface area contributed by atoms with E-state index in [9.17, 15) is 57.5 Å². The van der Waals surface area contributed by atoms with Crippen LogP contribution in [0.1, 0.15) is 20.8 Å². The molecule has 0 aromatic carbocycles. The molecule has 0 aliphatic carbocycles. The average molecular weight is 434 g/mol. The van der Waals surface area contributed by atoms with Crippen molar-refractivity contribution in [2.75, 3.05) is 0 Å². The first kappa shape index (κ1) is 25.6. The summed E-state index contributed by atoms with van der Waals surface area (Å²) in [5, 5.41) is 0. The first-order valence-electron chi connectivity index (χ1n) is 6.30. The van der Waals surface area contributed by atoms with Gasteiger partial charge in [-0.05, 0) is 20.8 Å². The van der Waals surface area contributed by atoms with Crippen LogP contribution in [0.5, 0.6) is 0 Å². The molecular weight excluding hydrogens is 424 g/mol. The predicted octanol–water partition coefficient (Wildman–Crippen LogP) is 4.63. The van der Waals surface area contributed by atoms with Crippen molar-refractivity contribution in [3.8, 4) is 0 Å². The van der Waals surface area contributed by atoms with Crippen molar-refractivity contribution in [3.63, 3.8) is 0 Å². The fourth-order valence-electron chi connectivity index (χ4n) is 1.10. The van der Waals surface area contributed by atoms with Crippen LogP contribution >= 0.6 is 0 Å². The molecule has 0 saturated heterocycles. The molecule has 0 aliphatic rings. The van der Waals surface area contributed by atoms with Crippen molar-refractivity contribution in [2.45, 2.75) is 63.2 Å². The molecule has 0 amide bonds. The van der Waals surface area contributed by atoms with E-state index in [0.29, 0.717) is 0 Å². The maximum Gasteiger partial charge on any atom is 0.527 e. The second-order valence-corrected chi connectivity index (χ2v) is 5.71. The minimum Gasteiger partial charge on any atom is -0.455 e. The van der Waals surface area contributed by atoms with Crippen molar-refractivity contribution in [3.05, 3.63) is 0 Å². The summed E-state index contributed by atoms with van der Waals surface area (Å²) < 4.78 is 159. The summed E-state index contributed by atoms with van der Waals surface area (Å²) in [4.78, 5) is 11.0. The summed E-state index contributed by atoms with van der Waals surface area (Å²) in [6.45, 7) is 2.85. The molecule has 162 valence electrons. The van der Waals surface area contributed by atoms with E-state index in [1.165, 1.54) is 4.74 Å². The highest BCUT2D eigenvalue weighted by molar-refractivity contribution is 5.78. The van der Waals surface area contributed by atoms with Gasteiger partial charge in [-0.2, -0.15) is 35.1 Å². The molecule has 0 saturated carbocycles. The zero-order valence-corrected chi connectivity index (χ0v) is 13.2. The summed E-state index contributed by atoms with van der Waals surface area (Å²) >= 11 is 0. The third kappa shape index (κ3) is 6.29. The molecule has 0 aliphatic heterocycles. The predicted molar refractivity (Wildman–Crippen MR) is 58.8 cm³/mol. The largest absolute Gasteiger partial charge is 0.527 e. The van der Waals surface area contributed by atoms with E-state index in [0.717, 1.165) is 20.8 Å². The van der Waals surface area contributed by atoms with Crippen molar-refractivity contribution >= 4 is 5.97 Å². The average Bonchev–Trinajstić information content (AvgIpc) is 2.32. The van der Waals surface area contributed by atoms with Crippen molar-refractivity contribution in [2.24, 2.45) is 0 Å². The van der Waals surface area contributed by atoms with Gasteiger partial charge in [0.05, 0.1) is 0 Å². The van der Waals surface area contributed by atoms with E-state index in [2.05, 4.69) is 9.47 Å². The van der Waals surface area contributed by atoms with Gasteiger partial charge in [-0.3, -0.25) is 4.74 Å². The van der Waals surface area contributed by atoms with Crippen LogP contribution in [-0.4, -0.2) is 48.4 Å². The second kappa shape index (κ2) is 7.18. The van der Waals surface area contributed by atoms with Crippen LogP contribution in [-0.2, 0) is 19.0 Å². The molecule has 4 nitrogen and oxygen atoms in total. The monoisotopic (exact) mass is 434 g/mol. The highest BCUT2D eigenvalue weighted by Crippen LogP contribution is 2.50. The zero-order chi connectivity index (χ0) is 22.3. The van der Waals surface area contributed by atoms with Crippen molar-refractivity contribution in [1.82, 2.24) is 0 Å². The van der Waals surface area contributed by atoms with Gasteiger partial charge < -0.3 is 4.74 Å². The van der Waals surface area contributed by atoms with Crippen molar-refractivity contribution < 1.29 is 71.7 Å². The molecule has 27 heavy (non-hydrogen) atoms. The Hall–Kier alpha value is -1.45. The Morgan fingerprint density at radius 1 is 0.778 bits per heavy atom. The van der Waals surface area contributed by atoms with E-state index in [1.807, 2.05) is 0 Å². The van der Waals surface area contributed by atoms with E-state index in [4.69, 9.17) is 0 Å². The van der Waals surface area contributed by atoms with Crippen LogP contribution in [0.3, 0.4) is 0 Å². The minimum absolute atomic E-state index is 0.951. The van der Waals surface area contributed by atoms with E-state index < -0.39 is 48.4 Å². The maximum atomic E-state index is 13.3. The molecule has 0 heterocycles. The Morgan fingerprint density at radius 2 is 1.19 bits per heavy atom. The molecule has 0 N–H and O–H groups in total. The minimum atomic E-state index is -7.29. The third-order valence-corrected chi connectivity index (χ3v) is 2.18. The van der Waals surface area contributed by atoms with Gasteiger partial charge in [0.2, 0.25) is 0 Å². The fourth-order valence-corrected chi connectivity index (χ4v) is 1.10. The number of alkyl halides is 12. The molecule has 0 aromatic heterocycles. The number of rotatable bonds is 7. The third-order valence-electron chi connectivity index (χ3n) is 2.18. The molecule has 1 atom stereocenters. The summed E-state index contributed by atoms with van der Waals surface area (Å²) in [6, 6.07) is 0. The van der Waals surface area contributed by atoms with Gasteiger partial charge in [0.25, 0.3) is 6.36 Å². The lowest BCUT2D eigenvalue weighted by Crippen LogP contribution is -2.60. The van der Waals surface area contributed by atoms with E-state index >= 15 is 0 Å². The lowest BCUT2D eigenvalue weighted by atomic mass is 10.2. The Balaban J connectivity index is 5.57. The smallest absolute Gasteiger partial charge is 0.455 e. The van der Waals surface area contributed by atoms with Crippen LogP contribution < -0.4 is 0 Å².